The lowest BCUT2D eigenvalue weighted by molar-refractivity contribution is -0.145. The second-order valence-corrected chi connectivity index (χ2v) is 4.96. The highest BCUT2D eigenvalue weighted by molar-refractivity contribution is 5.71. The molecule has 0 heterocycles. The summed E-state index contributed by atoms with van der Waals surface area (Å²) in [7, 11) is 0. The molecule has 0 fully saturated rings. The van der Waals surface area contributed by atoms with Crippen molar-refractivity contribution in [2.45, 2.75) is 39.2 Å². The van der Waals surface area contributed by atoms with Crippen LogP contribution in [0.25, 0.3) is 0 Å². The molecule has 1 aromatic carbocycles. The molecule has 0 amide bonds. The molecule has 0 saturated heterocycles. The van der Waals surface area contributed by atoms with Gasteiger partial charge in [-0.1, -0.05) is 13.0 Å². The van der Waals surface area contributed by atoms with E-state index in [0.717, 1.165) is 18.7 Å². The first kappa shape index (κ1) is 14.9. The van der Waals surface area contributed by atoms with Crippen LogP contribution >= 0.6 is 0 Å². The van der Waals surface area contributed by atoms with Crippen LogP contribution in [0.15, 0.2) is 18.2 Å². The Balaban J connectivity index is 2.02. The van der Waals surface area contributed by atoms with Crippen molar-refractivity contribution in [1.82, 2.24) is 5.32 Å². The lowest BCUT2D eigenvalue weighted by Crippen LogP contribution is -2.25. The van der Waals surface area contributed by atoms with E-state index in [4.69, 9.17) is 9.47 Å². The van der Waals surface area contributed by atoms with Gasteiger partial charge in [0.1, 0.15) is 5.75 Å². The van der Waals surface area contributed by atoms with Gasteiger partial charge in [-0.2, -0.15) is 0 Å². The highest BCUT2D eigenvalue weighted by Crippen LogP contribution is 2.32. The number of hydrogen-bond acceptors (Lipinski definition) is 4. The molecular weight excluding hydrogens is 254 g/mol. The third kappa shape index (κ3) is 3.73. The summed E-state index contributed by atoms with van der Waals surface area (Å²) in [5.74, 6) is 0.421. The van der Waals surface area contributed by atoms with Crippen LogP contribution in [-0.2, 0) is 16.0 Å². The Morgan fingerprint density at radius 3 is 3.00 bits per heavy atom. The Bertz CT molecular complexity index is 459. The van der Waals surface area contributed by atoms with Crippen LogP contribution in [0, 0.1) is 0 Å². The second kappa shape index (κ2) is 7.29. The summed E-state index contributed by atoms with van der Waals surface area (Å²) < 4.78 is 10.3. The van der Waals surface area contributed by atoms with E-state index in [0.29, 0.717) is 12.6 Å². The molecule has 20 heavy (non-hydrogen) atoms. The van der Waals surface area contributed by atoms with Crippen molar-refractivity contribution in [2.75, 3.05) is 19.8 Å². The maximum absolute atomic E-state index is 11.3. The molecule has 110 valence electrons. The molecule has 0 aliphatic heterocycles. The predicted molar refractivity (Wildman–Crippen MR) is 77.9 cm³/mol. The number of carbonyl (C=O) groups excluding carboxylic acids is 1. The van der Waals surface area contributed by atoms with Crippen LogP contribution in [0.5, 0.6) is 5.75 Å². The van der Waals surface area contributed by atoms with E-state index < -0.39 is 0 Å². The fraction of sp³-hybridized carbons (Fsp3) is 0.562. The first-order valence-corrected chi connectivity index (χ1v) is 7.39. The fourth-order valence-corrected chi connectivity index (χ4v) is 2.68. The normalized spacial score (nSPS) is 17.4. The van der Waals surface area contributed by atoms with Crippen molar-refractivity contribution in [3.05, 3.63) is 29.3 Å². The van der Waals surface area contributed by atoms with E-state index in [9.17, 15) is 4.79 Å². The summed E-state index contributed by atoms with van der Waals surface area (Å²) in [6.45, 7) is 5.26. The molecule has 2 rings (SSSR count). The lowest BCUT2D eigenvalue weighted by Gasteiger charge is -2.26. The molecule has 1 aliphatic rings. The first-order chi connectivity index (χ1) is 9.74. The monoisotopic (exact) mass is 277 g/mol. The Kier molecular flexibility index (Phi) is 5.41. The standard InChI is InChI=1S/C16H23NO3/c1-3-17-15-7-5-6-12-10-13(8-9-14(12)15)20-11-16(18)19-4-2/h8-10,15,17H,3-7,11H2,1-2H3. The van der Waals surface area contributed by atoms with Gasteiger partial charge in [-0.3, -0.25) is 0 Å². The fourth-order valence-electron chi connectivity index (χ4n) is 2.68. The molecule has 0 saturated carbocycles. The number of carbonyl (C=O) groups is 1. The van der Waals surface area contributed by atoms with E-state index in [1.807, 2.05) is 6.07 Å². The average Bonchev–Trinajstić information content (AvgIpc) is 2.46. The van der Waals surface area contributed by atoms with Crippen LogP contribution in [-0.4, -0.2) is 25.7 Å². The van der Waals surface area contributed by atoms with E-state index in [1.54, 1.807) is 6.92 Å². The van der Waals surface area contributed by atoms with Gasteiger partial charge in [-0.25, -0.2) is 4.79 Å². The smallest absolute Gasteiger partial charge is 0.344 e. The minimum absolute atomic E-state index is 0.0245. The molecule has 0 spiro atoms. The number of hydrogen-bond donors (Lipinski definition) is 1. The van der Waals surface area contributed by atoms with Crippen LogP contribution in [0.2, 0.25) is 0 Å². The molecule has 0 radical (unpaired) electrons. The quantitative estimate of drug-likeness (QED) is 0.812. The lowest BCUT2D eigenvalue weighted by atomic mass is 9.87. The second-order valence-electron chi connectivity index (χ2n) is 4.96. The van der Waals surface area contributed by atoms with Crippen molar-refractivity contribution in [2.24, 2.45) is 0 Å². The molecular formula is C16H23NO3. The average molecular weight is 277 g/mol. The maximum Gasteiger partial charge on any atom is 0.344 e. The van der Waals surface area contributed by atoms with Crippen molar-refractivity contribution < 1.29 is 14.3 Å². The number of nitrogens with one attached hydrogen (secondary N) is 1. The minimum atomic E-state index is -0.323. The van der Waals surface area contributed by atoms with Crippen molar-refractivity contribution >= 4 is 5.97 Å². The van der Waals surface area contributed by atoms with Gasteiger partial charge < -0.3 is 14.8 Å². The molecule has 1 atom stereocenters. The van der Waals surface area contributed by atoms with E-state index in [-0.39, 0.29) is 12.6 Å². The number of benzene rings is 1. The van der Waals surface area contributed by atoms with Gasteiger partial charge in [0.25, 0.3) is 0 Å². The topological polar surface area (TPSA) is 47.6 Å². The predicted octanol–water partition coefficient (Wildman–Crippen LogP) is 2.62. The third-order valence-corrected chi connectivity index (χ3v) is 3.54. The summed E-state index contributed by atoms with van der Waals surface area (Å²) in [4.78, 5) is 11.3. The van der Waals surface area contributed by atoms with Gasteiger partial charge in [0.15, 0.2) is 6.61 Å². The largest absolute Gasteiger partial charge is 0.482 e. The number of ether oxygens (including phenoxy) is 2. The molecule has 0 aromatic heterocycles. The van der Waals surface area contributed by atoms with Crippen LogP contribution < -0.4 is 10.1 Å². The molecule has 4 nitrogen and oxygen atoms in total. The van der Waals surface area contributed by atoms with Crippen LogP contribution in [0.1, 0.15) is 43.9 Å². The number of rotatable bonds is 6. The number of aryl methyl sites for hydroxylation is 1. The highest BCUT2D eigenvalue weighted by Gasteiger charge is 2.19. The molecule has 4 heteroatoms. The molecule has 0 bridgehead atoms. The van der Waals surface area contributed by atoms with Crippen molar-refractivity contribution in [3.8, 4) is 5.75 Å². The molecule has 1 N–H and O–H groups in total. The summed E-state index contributed by atoms with van der Waals surface area (Å²) >= 11 is 0. The Morgan fingerprint density at radius 2 is 2.25 bits per heavy atom. The van der Waals surface area contributed by atoms with Gasteiger partial charge in [0.05, 0.1) is 6.61 Å². The van der Waals surface area contributed by atoms with Gasteiger partial charge in [0, 0.05) is 6.04 Å². The molecule has 1 aromatic rings. The van der Waals surface area contributed by atoms with E-state index in [2.05, 4.69) is 24.4 Å². The van der Waals surface area contributed by atoms with Gasteiger partial charge in [-0.15, -0.1) is 0 Å². The highest BCUT2D eigenvalue weighted by atomic mass is 16.6. The van der Waals surface area contributed by atoms with Crippen LogP contribution in [0.4, 0.5) is 0 Å². The zero-order chi connectivity index (χ0) is 14.4. The third-order valence-electron chi connectivity index (χ3n) is 3.54. The van der Waals surface area contributed by atoms with Crippen molar-refractivity contribution in [3.63, 3.8) is 0 Å². The Labute approximate surface area is 120 Å². The van der Waals surface area contributed by atoms with Gasteiger partial charge in [-0.05, 0) is 56.0 Å². The zero-order valence-corrected chi connectivity index (χ0v) is 12.3. The van der Waals surface area contributed by atoms with E-state index >= 15 is 0 Å². The summed E-state index contributed by atoms with van der Waals surface area (Å²) in [6.07, 6.45) is 3.45. The zero-order valence-electron chi connectivity index (χ0n) is 12.3. The maximum atomic E-state index is 11.3. The van der Waals surface area contributed by atoms with Gasteiger partial charge >= 0.3 is 5.97 Å². The summed E-state index contributed by atoms with van der Waals surface area (Å²) in [5.41, 5.74) is 2.69. The molecule has 1 aliphatic carbocycles. The van der Waals surface area contributed by atoms with Crippen molar-refractivity contribution in [1.29, 1.82) is 0 Å². The SMILES string of the molecule is CCNC1CCCc2cc(OCC(=O)OCC)ccc21. The molecule has 1 unspecified atom stereocenters. The van der Waals surface area contributed by atoms with Gasteiger partial charge in [0.2, 0.25) is 0 Å². The number of fused-ring (bicyclic) bond motifs is 1. The Hall–Kier alpha value is -1.55. The van der Waals surface area contributed by atoms with E-state index in [1.165, 1.54) is 24.0 Å². The summed E-state index contributed by atoms with van der Waals surface area (Å²) in [6, 6.07) is 6.55. The van der Waals surface area contributed by atoms with Crippen LogP contribution in [0.3, 0.4) is 0 Å². The Morgan fingerprint density at radius 1 is 1.40 bits per heavy atom. The first-order valence-electron chi connectivity index (χ1n) is 7.39. The number of esters is 1. The summed E-state index contributed by atoms with van der Waals surface area (Å²) in [5, 5.41) is 3.51. The minimum Gasteiger partial charge on any atom is -0.482 e.